The van der Waals surface area contributed by atoms with E-state index in [2.05, 4.69) is 9.24 Å². The Morgan fingerprint density at radius 1 is 0.581 bits per heavy atom. The van der Waals surface area contributed by atoms with E-state index in [0.29, 0.717) is 0 Å². The van der Waals surface area contributed by atoms with Crippen molar-refractivity contribution in [3.63, 3.8) is 0 Å². The largest absolute Gasteiger partial charge is 0.284 e. The molecule has 0 aliphatic heterocycles. The zero-order valence-corrected chi connectivity index (χ0v) is 24.5. The maximum absolute atomic E-state index is 12.8. The Hall–Kier alpha value is -0.246. The fourth-order valence-electron chi connectivity index (χ4n) is 3.05. The summed E-state index contributed by atoms with van der Waals surface area (Å²) in [4.78, 5) is 0. The molecule has 6 nitrogen and oxygen atoms in total. The molecule has 31 heavy (non-hydrogen) atoms. The summed E-state index contributed by atoms with van der Waals surface area (Å²) in [7, 11) is 12.2. The second-order valence-corrected chi connectivity index (χ2v) is 15.0. The van der Waals surface area contributed by atoms with Gasteiger partial charge in [0.1, 0.15) is 0 Å². The molecule has 0 amide bonds. The molecular formula is C21H37N4O2P3V. The predicted octanol–water partition coefficient (Wildman–Crippen LogP) is 3.06. The minimum atomic E-state index is -2.58. The van der Waals surface area contributed by atoms with Crippen LogP contribution in [0.2, 0.25) is 0 Å². The molecule has 0 saturated carbocycles. The van der Waals surface area contributed by atoms with Crippen LogP contribution in [0.25, 0.3) is 0 Å². The molecule has 0 aliphatic carbocycles. The van der Waals surface area contributed by atoms with Gasteiger partial charge in [-0.05, 0) is 92.9 Å². The number of benzene rings is 2. The molecule has 0 aromatic heterocycles. The Labute approximate surface area is 203 Å². The van der Waals surface area contributed by atoms with Crippen molar-refractivity contribution in [3.05, 3.63) is 54.1 Å². The summed E-state index contributed by atoms with van der Waals surface area (Å²) in [5.74, 6) is 0. The normalized spacial score (nSPS) is 12.1. The molecule has 1 atom stereocenters. The Morgan fingerprint density at radius 3 is 1.10 bits per heavy atom. The van der Waals surface area contributed by atoms with Crippen molar-refractivity contribution < 1.29 is 27.7 Å². The van der Waals surface area contributed by atoms with Gasteiger partial charge in [-0.2, -0.15) is 0 Å². The second kappa shape index (κ2) is 12.9. The standard InChI is InChI=1S/C11H19N2OP.C10H18N2OP2.V/c1-10-6-8-11(9-7-10)15(14,12(2)3)13(4)5;1-11(2)15(13,12(3)4)10-7-5-9(14)6-8-10;/h6-9H,1-5H3;5-8H,14H2,1-4H3;. The summed E-state index contributed by atoms with van der Waals surface area (Å²) < 4.78 is 32.7. The van der Waals surface area contributed by atoms with E-state index in [9.17, 15) is 9.13 Å². The Morgan fingerprint density at radius 2 is 0.839 bits per heavy atom. The maximum atomic E-state index is 12.8. The molecule has 0 aliphatic rings. The van der Waals surface area contributed by atoms with E-state index in [1.165, 1.54) is 5.56 Å². The van der Waals surface area contributed by atoms with Gasteiger partial charge in [0.2, 0.25) is 14.9 Å². The Kier molecular flexibility index (Phi) is 12.7. The van der Waals surface area contributed by atoms with Gasteiger partial charge in [0, 0.05) is 29.2 Å². The third-order valence-electron chi connectivity index (χ3n) is 4.77. The summed E-state index contributed by atoms with van der Waals surface area (Å²) in [6, 6.07) is 15.6. The van der Waals surface area contributed by atoms with E-state index < -0.39 is 14.9 Å². The number of hydrogen-bond donors (Lipinski definition) is 0. The monoisotopic (exact) mass is 521 g/mol. The fraction of sp³-hybridized carbons (Fsp3) is 0.429. The van der Waals surface area contributed by atoms with E-state index in [-0.39, 0.29) is 18.6 Å². The number of hydrogen-bond acceptors (Lipinski definition) is 2. The summed E-state index contributed by atoms with van der Waals surface area (Å²) >= 11 is 0. The quantitative estimate of drug-likeness (QED) is 0.545. The summed E-state index contributed by atoms with van der Waals surface area (Å²) in [6.07, 6.45) is 0. The van der Waals surface area contributed by atoms with Gasteiger partial charge in [0.15, 0.2) is 0 Å². The first-order chi connectivity index (χ1) is 13.8. The fourth-order valence-corrected chi connectivity index (χ4v) is 7.59. The van der Waals surface area contributed by atoms with E-state index >= 15 is 0 Å². The minimum Gasteiger partial charge on any atom is -0.284 e. The molecule has 0 fully saturated rings. The van der Waals surface area contributed by atoms with Crippen LogP contribution in [-0.2, 0) is 27.7 Å². The van der Waals surface area contributed by atoms with Crippen molar-refractivity contribution >= 4 is 40.0 Å². The van der Waals surface area contributed by atoms with Gasteiger partial charge in [0.05, 0.1) is 0 Å². The summed E-state index contributed by atoms with van der Waals surface area (Å²) in [6.45, 7) is 2.03. The van der Waals surface area contributed by atoms with Gasteiger partial charge in [-0.3, -0.25) is 9.13 Å². The van der Waals surface area contributed by atoms with Crippen LogP contribution in [0.3, 0.4) is 0 Å². The third kappa shape index (κ3) is 7.37. The third-order valence-corrected chi connectivity index (χ3v) is 11.4. The zero-order chi connectivity index (χ0) is 23.3. The Bertz CT molecular complexity index is 802. The van der Waals surface area contributed by atoms with E-state index in [1.807, 2.05) is 112 Å². The predicted molar refractivity (Wildman–Crippen MR) is 136 cm³/mol. The van der Waals surface area contributed by atoms with Gasteiger partial charge in [-0.1, -0.05) is 29.8 Å². The first-order valence-corrected chi connectivity index (χ1v) is 13.4. The van der Waals surface area contributed by atoms with Gasteiger partial charge >= 0.3 is 0 Å². The zero-order valence-electron chi connectivity index (χ0n) is 20.1. The van der Waals surface area contributed by atoms with Crippen molar-refractivity contribution in [2.45, 2.75) is 6.92 Å². The van der Waals surface area contributed by atoms with Crippen LogP contribution in [0.1, 0.15) is 5.56 Å². The van der Waals surface area contributed by atoms with Crippen LogP contribution in [-0.4, -0.2) is 75.1 Å². The molecule has 0 N–H and O–H groups in total. The van der Waals surface area contributed by atoms with Crippen LogP contribution >= 0.6 is 24.1 Å². The molecule has 0 bridgehead atoms. The summed E-state index contributed by atoms with van der Waals surface area (Å²) in [5.41, 5.74) is 1.18. The van der Waals surface area contributed by atoms with Crippen LogP contribution in [0, 0.1) is 6.92 Å². The van der Waals surface area contributed by atoms with Crippen molar-refractivity contribution in [1.82, 2.24) is 18.7 Å². The molecule has 0 spiro atoms. The number of rotatable bonds is 6. The number of aryl methyl sites for hydroxylation is 1. The van der Waals surface area contributed by atoms with Crippen LogP contribution in [0.4, 0.5) is 0 Å². The number of nitrogens with zero attached hydrogens (tertiary/aromatic N) is 4. The van der Waals surface area contributed by atoms with E-state index in [1.54, 1.807) is 18.7 Å². The van der Waals surface area contributed by atoms with Crippen LogP contribution in [0.15, 0.2) is 48.5 Å². The van der Waals surface area contributed by atoms with E-state index in [4.69, 9.17) is 0 Å². The van der Waals surface area contributed by atoms with Gasteiger partial charge in [-0.15, -0.1) is 9.24 Å². The Balaban J connectivity index is 0.000000562. The molecule has 1 unspecified atom stereocenters. The van der Waals surface area contributed by atoms with Crippen molar-refractivity contribution in [1.29, 1.82) is 0 Å². The van der Waals surface area contributed by atoms with Gasteiger partial charge < -0.3 is 0 Å². The van der Waals surface area contributed by atoms with Gasteiger partial charge in [-0.25, -0.2) is 18.7 Å². The first kappa shape index (κ1) is 30.8. The minimum absolute atomic E-state index is 0. The van der Waals surface area contributed by atoms with Crippen molar-refractivity contribution in [2.24, 2.45) is 0 Å². The van der Waals surface area contributed by atoms with Crippen LogP contribution < -0.4 is 15.9 Å². The first-order valence-electron chi connectivity index (χ1n) is 9.62. The topological polar surface area (TPSA) is 47.1 Å². The molecule has 10 heteroatoms. The van der Waals surface area contributed by atoms with Crippen molar-refractivity contribution in [3.8, 4) is 0 Å². The molecule has 173 valence electrons. The van der Waals surface area contributed by atoms with E-state index in [0.717, 1.165) is 15.9 Å². The van der Waals surface area contributed by atoms with Gasteiger partial charge in [0.25, 0.3) is 0 Å². The molecule has 2 rings (SSSR count). The molecule has 1 radical (unpaired) electrons. The molecule has 0 saturated heterocycles. The molecular weight excluding hydrogens is 484 g/mol. The maximum Gasteiger partial charge on any atom is 0.244 e. The molecule has 2 aromatic carbocycles. The average molecular weight is 521 g/mol. The average Bonchev–Trinajstić information content (AvgIpc) is 2.67. The SMILES string of the molecule is CN(C)P(=O)(c1ccc(P)cc1)N(C)C.Cc1ccc(P(=O)(N(C)C)N(C)C)cc1.[V]. The van der Waals surface area contributed by atoms with Crippen LogP contribution in [0.5, 0.6) is 0 Å². The van der Waals surface area contributed by atoms with Crippen molar-refractivity contribution in [2.75, 3.05) is 56.4 Å². The second-order valence-electron chi connectivity index (χ2n) is 7.90. The summed E-state index contributed by atoms with van der Waals surface area (Å²) in [5, 5.41) is 2.84. The molecule has 2 aromatic rings. The molecule has 0 heterocycles. The smallest absolute Gasteiger partial charge is 0.244 e.